The minimum absolute atomic E-state index is 0.0210. The molecular formula is C17H26ClNO. The Hall–Kier alpha value is -0.570. The molecule has 0 bridgehead atoms. The van der Waals surface area contributed by atoms with E-state index in [0.29, 0.717) is 6.61 Å². The smallest absolute Gasteiger partial charge is 0.0813 e. The molecule has 2 unspecified atom stereocenters. The second-order valence-corrected chi connectivity index (χ2v) is 6.45. The molecule has 1 N–H and O–H groups in total. The minimum Gasteiger partial charge on any atom is -0.369 e. The predicted molar refractivity (Wildman–Crippen MR) is 85.1 cm³/mol. The van der Waals surface area contributed by atoms with Crippen molar-refractivity contribution in [3.8, 4) is 0 Å². The lowest BCUT2D eigenvalue weighted by Gasteiger charge is -2.40. The van der Waals surface area contributed by atoms with Gasteiger partial charge in [0.15, 0.2) is 0 Å². The van der Waals surface area contributed by atoms with Crippen LogP contribution < -0.4 is 5.32 Å². The van der Waals surface area contributed by atoms with Crippen molar-refractivity contribution in [2.75, 3.05) is 13.1 Å². The first kappa shape index (κ1) is 15.8. The summed E-state index contributed by atoms with van der Waals surface area (Å²) in [5.41, 5.74) is 1.07. The zero-order valence-electron chi connectivity index (χ0n) is 12.6. The Morgan fingerprint density at radius 1 is 1.40 bits per heavy atom. The summed E-state index contributed by atoms with van der Waals surface area (Å²) in [6, 6.07) is 7.96. The van der Waals surface area contributed by atoms with Crippen LogP contribution in [0.5, 0.6) is 0 Å². The molecule has 0 radical (unpaired) electrons. The average Bonchev–Trinajstić information content (AvgIpc) is 2.45. The summed E-state index contributed by atoms with van der Waals surface area (Å²) in [5.74, 6) is 0.744. The summed E-state index contributed by atoms with van der Waals surface area (Å²) in [4.78, 5) is 0. The molecule has 0 aliphatic heterocycles. The summed E-state index contributed by atoms with van der Waals surface area (Å²) in [6.45, 7) is 7.02. The molecule has 0 amide bonds. The molecule has 0 spiro atoms. The maximum Gasteiger partial charge on any atom is 0.0813 e. The maximum absolute atomic E-state index is 6.36. The summed E-state index contributed by atoms with van der Waals surface area (Å²) in [5, 5.41) is 4.27. The lowest BCUT2D eigenvalue weighted by molar-refractivity contribution is -0.0887. The van der Waals surface area contributed by atoms with E-state index >= 15 is 0 Å². The fourth-order valence-electron chi connectivity index (χ4n) is 3.15. The normalized spacial score (nSPS) is 26.6. The highest BCUT2D eigenvalue weighted by Gasteiger charge is 2.35. The van der Waals surface area contributed by atoms with Gasteiger partial charge in [0.1, 0.15) is 0 Å². The number of hydrogen-bond donors (Lipinski definition) is 1. The van der Waals surface area contributed by atoms with Gasteiger partial charge in [-0.2, -0.15) is 0 Å². The largest absolute Gasteiger partial charge is 0.369 e. The average molecular weight is 296 g/mol. The fraction of sp³-hybridized carbons (Fsp3) is 0.647. The van der Waals surface area contributed by atoms with Gasteiger partial charge in [0.25, 0.3) is 0 Å². The molecule has 1 saturated carbocycles. The highest BCUT2D eigenvalue weighted by Crippen LogP contribution is 2.36. The molecule has 1 fully saturated rings. The summed E-state index contributed by atoms with van der Waals surface area (Å²) >= 11 is 6.22. The van der Waals surface area contributed by atoms with Crippen molar-refractivity contribution in [2.24, 2.45) is 5.92 Å². The molecule has 1 aromatic rings. The van der Waals surface area contributed by atoms with Gasteiger partial charge in [0.05, 0.1) is 12.2 Å². The Balaban J connectivity index is 2.02. The Morgan fingerprint density at radius 3 is 2.90 bits per heavy atom. The van der Waals surface area contributed by atoms with Gasteiger partial charge in [-0.3, -0.25) is 0 Å². The monoisotopic (exact) mass is 295 g/mol. The Labute approximate surface area is 127 Å². The van der Waals surface area contributed by atoms with Crippen LogP contribution in [0.4, 0.5) is 0 Å². The van der Waals surface area contributed by atoms with E-state index < -0.39 is 0 Å². The van der Waals surface area contributed by atoms with E-state index in [1.807, 2.05) is 18.2 Å². The van der Waals surface area contributed by atoms with Crippen LogP contribution in [0.1, 0.15) is 45.1 Å². The summed E-state index contributed by atoms with van der Waals surface area (Å²) < 4.78 is 6.36. The number of nitrogens with one attached hydrogen (secondary N) is 1. The topological polar surface area (TPSA) is 21.3 Å². The van der Waals surface area contributed by atoms with Crippen molar-refractivity contribution in [1.82, 2.24) is 5.32 Å². The van der Waals surface area contributed by atoms with Crippen molar-refractivity contribution < 1.29 is 4.74 Å². The molecule has 112 valence electrons. The van der Waals surface area contributed by atoms with Gasteiger partial charge in [-0.25, -0.2) is 0 Å². The third kappa shape index (κ3) is 4.21. The number of hydrogen-bond acceptors (Lipinski definition) is 2. The second kappa shape index (κ2) is 7.44. The third-order valence-electron chi connectivity index (χ3n) is 4.24. The molecule has 2 nitrogen and oxygen atoms in total. The molecule has 2 rings (SSSR count). The lowest BCUT2D eigenvalue weighted by Crippen LogP contribution is -2.46. The SMILES string of the molecule is CCNCC1(OCc2ccccc2Cl)CCCC(C)C1. The van der Waals surface area contributed by atoms with Crippen molar-refractivity contribution >= 4 is 11.6 Å². The first-order chi connectivity index (χ1) is 9.65. The van der Waals surface area contributed by atoms with Gasteiger partial charge in [0, 0.05) is 11.6 Å². The third-order valence-corrected chi connectivity index (χ3v) is 4.61. The van der Waals surface area contributed by atoms with Crippen LogP contribution in [-0.4, -0.2) is 18.7 Å². The molecule has 0 aromatic heterocycles. The van der Waals surface area contributed by atoms with E-state index in [1.165, 1.54) is 12.8 Å². The van der Waals surface area contributed by atoms with Crippen LogP contribution >= 0.6 is 11.6 Å². The van der Waals surface area contributed by atoms with E-state index in [4.69, 9.17) is 16.3 Å². The first-order valence-electron chi connectivity index (χ1n) is 7.73. The van der Waals surface area contributed by atoms with Crippen LogP contribution in [0.2, 0.25) is 5.02 Å². The quantitative estimate of drug-likeness (QED) is 0.839. The van der Waals surface area contributed by atoms with Crippen molar-refractivity contribution in [3.63, 3.8) is 0 Å². The highest BCUT2D eigenvalue weighted by atomic mass is 35.5. The lowest BCUT2D eigenvalue weighted by atomic mass is 9.78. The zero-order valence-corrected chi connectivity index (χ0v) is 13.4. The standard InChI is InChI=1S/C17H26ClNO/c1-3-19-13-17(10-6-7-14(2)11-17)20-12-15-8-4-5-9-16(15)18/h4-5,8-9,14,19H,3,6-7,10-13H2,1-2H3. The molecule has 1 aliphatic carbocycles. The highest BCUT2D eigenvalue weighted by molar-refractivity contribution is 6.31. The van der Waals surface area contributed by atoms with Crippen LogP contribution in [-0.2, 0) is 11.3 Å². The van der Waals surface area contributed by atoms with Crippen LogP contribution in [0, 0.1) is 5.92 Å². The van der Waals surface area contributed by atoms with E-state index in [0.717, 1.165) is 42.4 Å². The predicted octanol–water partition coefficient (Wildman–Crippen LogP) is 4.42. The first-order valence-corrected chi connectivity index (χ1v) is 8.11. The number of benzene rings is 1. The van der Waals surface area contributed by atoms with Crippen LogP contribution in [0.15, 0.2) is 24.3 Å². The van der Waals surface area contributed by atoms with Gasteiger partial charge in [0.2, 0.25) is 0 Å². The van der Waals surface area contributed by atoms with E-state index in [-0.39, 0.29) is 5.60 Å². The molecule has 3 heteroatoms. The molecule has 1 aromatic carbocycles. The molecule has 20 heavy (non-hydrogen) atoms. The zero-order chi connectivity index (χ0) is 14.4. The van der Waals surface area contributed by atoms with Gasteiger partial charge in [-0.1, -0.05) is 56.5 Å². The van der Waals surface area contributed by atoms with Crippen molar-refractivity contribution in [1.29, 1.82) is 0 Å². The second-order valence-electron chi connectivity index (χ2n) is 6.04. The molecule has 1 aliphatic rings. The Bertz CT molecular complexity index is 423. The van der Waals surface area contributed by atoms with Gasteiger partial charge >= 0.3 is 0 Å². The van der Waals surface area contributed by atoms with Crippen molar-refractivity contribution in [3.05, 3.63) is 34.9 Å². The van der Waals surface area contributed by atoms with Gasteiger partial charge < -0.3 is 10.1 Å². The summed E-state index contributed by atoms with van der Waals surface area (Å²) in [7, 11) is 0. The van der Waals surface area contributed by atoms with E-state index in [2.05, 4.69) is 25.2 Å². The maximum atomic E-state index is 6.36. The van der Waals surface area contributed by atoms with Crippen LogP contribution in [0.3, 0.4) is 0 Å². The number of halogens is 1. The molecule has 0 saturated heterocycles. The van der Waals surface area contributed by atoms with Gasteiger partial charge in [-0.05, 0) is 36.9 Å². The number of likely N-dealkylation sites (N-methyl/N-ethyl adjacent to an activating group) is 1. The minimum atomic E-state index is -0.0210. The fourth-order valence-corrected chi connectivity index (χ4v) is 3.34. The van der Waals surface area contributed by atoms with E-state index in [1.54, 1.807) is 0 Å². The van der Waals surface area contributed by atoms with Gasteiger partial charge in [-0.15, -0.1) is 0 Å². The van der Waals surface area contributed by atoms with Crippen LogP contribution in [0.25, 0.3) is 0 Å². The van der Waals surface area contributed by atoms with Crippen molar-refractivity contribution in [2.45, 2.75) is 51.7 Å². The molecule has 0 heterocycles. The Kier molecular flexibility index (Phi) is 5.88. The summed E-state index contributed by atoms with van der Waals surface area (Å²) in [6.07, 6.45) is 4.87. The number of rotatable bonds is 6. The molecular weight excluding hydrogens is 270 g/mol. The molecule has 2 atom stereocenters. The Morgan fingerprint density at radius 2 is 2.20 bits per heavy atom. The number of ether oxygens (including phenoxy) is 1. The van der Waals surface area contributed by atoms with E-state index in [9.17, 15) is 0 Å².